The number of β-amino-alcohol motifs (C(OH)–C–C–N with tert-alkyl or cyclic N) is 1. The van der Waals surface area contributed by atoms with E-state index in [1.54, 1.807) is 6.20 Å². The normalized spacial score (nSPS) is 16.7. The van der Waals surface area contributed by atoms with Crippen LogP contribution in [-0.2, 0) is 26.0 Å². The summed E-state index contributed by atoms with van der Waals surface area (Å²) in [5.74, 6) is 1.88. The van der Waals surface area contributed by atoms with E-state index >= 15 is 0 Å². The summed E-state index contributed by atoms with van der Waals surface area (Å²) in [6.07, 6.45) is 8.02. The molecule has 1 aliphatic carbocycles. The Balaban J connectivity index is 1.10. The number of rotatable bonds is 10. The van der Waals surface area contributed by atoms with Gasteiger partial charge < -0.3 is 19.6 Å². The number of carbonyl (C=O) groups is 1. The summed E-state index contributed by atoms with van der Waals surface area (Å²) in [4.78, 5) is 18.7. The van der Waals surface area contributed by atoms with Gasteiger partial charge in [0.1, 0.15) is 12.4 Å². The molecule has 7 nitrogen and oxygen atoms in total. The lowest BCUT2D eigenvalue weighted by atomic mass is 9.81. The number of aliphatic hydroxyl groups excluding tert-OH is 1. The van der Waals surface area contributed by atoms with Crippen LogP contribution in [0, 0.1) is 5.92 Å². The van der Waals surface area contributed by atoms with Crippen molar-refractivity contribution in [3.63, 3.8) is 0 Å². The van der Waals surface area contributed by atoms with Gasteiger partial charge in [0.05, 0.1) is 17.3 Å². The number of benzene rings is 2. The van der Waals surface area contributed by atoms with E-state index in [4.69, 9.17) is 20.8 Å². The number of hydrogen-bond acceptors (Lipinski definition) is 6. The van der Waals surface area contributed by atoms with Crippen molar-refractivity contribution in [2.24, 2.45) is 5.92 Å². The first-order chi connectivity index (χ1) is 17.5. The summed E-state index contributed by atoms with van der Waals surface area (Å²) < 4.78 is 11.0. The molecule has 0 bridgehead atoms. The fourth-order valence-electron chi connectivity index (χ4n) is 4.92. The fraction of sp³-hybridized carbons (Fsp3) is 0.429. The molecule has 1 aliphatic heterocycles. The number of hydrogen-bond donors (Lipinski definition) is 2. The Morgan fingerprint density at radius 1 is 1.31 bits per heavy atom. The second-order valence-corrected chi connectivity index (χ2v) is 10.2. The predicted molar refractivity (Wildman–Crippen MR) is 137 cm³/mol. The topological polar surface area (TPSA) is 87.8 Å². The molecule has 2 heterocycles. The van der Waals surface area contributed by atoms with Crippen LogP contribution >= 0.6 is 11.6 Å². The summed E-state index contributed by atoms with van der Waals surface area (Å²) in [6, 6.07) is 11.7. The number of amides is 1. The Labute approximate surface area is 216 Å². The largest absolute Gasteiger partial charge is 0.484 e. The molecule has 2 N–H and O–H groups in total. The molecular weight excluding hydrogens is 478 g/mol. The number of nitrogens with one attached hydrogen (secondary N) is 1. The molecule has 1 fully saturated rings. The molecule has 0 radical (unpaired) electrons. The van der Waals surface area contributed by atoms with Crippen molar-refractivity contribution in [1.82, 2.24) is 15.2 Å². The molecule has 2 aromatic carbocycles. The van der Waals surface area contributed by atoms with Gasteiger partial charge in [-0.05, 0) is 53.6 Å². The van der Waals surface area contributed by atoms with Crippen LogP contribution in [0.2, 0.25) is 5.02 Å². The third-order valence-electron chi connectivity index (χ3n) is 7.14. The van der Waals surface area contributed by atoms with E-state index in [0.717, 1.165) is 36.4 Å². The Morgan fingerprint density at radius 2 is 2.19 bits per heavy atom. The molecule has 190 valence electrons. The highest BCUT2D eigenvalue weighted by molar-refractivity contribution is 6.33. The Bertz CT molecular complexity index is 1180. The molecule has 0 spiro atoms. The lowest BCUT2D eigenvalue weighted by molar-refractivity contribution is 0.0841. The second kappa shape index (κ2) is 11.5. The van der Waals surface area contributed by atoms with E-state index < -0.39 is 6.10 Å². The smallest absolute Gasteiger partial charge is 0.251 e. The van der Waals surface area contributed by atoms with Gasteiger partial charge in [-0.1, -0.05) is 49.1 Å². The van der Waals surface area contributed by atoms with E-state index in [1.165, 1.54) is 31.2 Å². The molecule has 3 aromatic rings. The lowest BCUT2D eigenvalue weighted by Gasteiger charge is -2.31. The average molecular weight is 510 g/mol. The van der Waals surface area contributed by atoms with Crippen molar-refractivity contribution in [3.8, 4) is 5.75 Å². The lowest BCUT2D eigenvalue weighted by Crippen LogP contribution is -2.42. The molecular formula is C28H32ClN3O4. The zero-order valence-electron chi connectivity index (χ0n) is 20.3. The molecule has 8 heteroatoms. The first-order valence-corrected chi connectivity index (χ1v) is 13.0. The first-order valence-electron chi connectivity index (χ1n) is 12.6. The van der Waals surface area contributed by atoms with Crippen molar-refractivity contribution in [3.05, 3.63) is 82.0 Å². The van der Waals surface area contributed by atoms with Gasteiger partial charge in [0.25, 0.3) is 5.91 Å². The molecule has 1 aromatic heterocycles. The van der Waals surface area contributed by atoms with Crippen LogP contribution in [0.25, 0.3) is 0 Å². The maximum absolute atomic E-state index is 12.7. The minimum atomic E-state index is -0.659. The maximum atomic E-state index is 12.7. The monoisotopic (exact) mass is 509 g/mol. The number of halogens is 1. The van der Waals surface area contributed by atoms with Crippen molar-refractivity contribution in [1.29, 1.82) is 0 Å². The molecule has 1 amide bonds. The summed E-state index contributed by atoms with van der Waals surface area (Å²) in [6.45, 7) is 2.42. The van der Waals surface area contributed by atoms with E-state index in [-0.39, 0.29) is 19.1 Å². The fourth-order valence-corrected chi connectivity index (χ4v) is 5.26. The maximum Gasteiger partial charge on any atom is 0.251 e. The van der Waals surface area contributed by atoms with E-state index in [0.29, 0.717) is 35.2 Å². The van der Waals surface area contributed by atoms with Crippen LogP contribution in [0.4, 0.5) is 0 Å². The van der Waals surface area contributed by atoms with Gasteiger partial charge >= 0.3 is 0 Å². The summed E-state index contributed by atoms with van der Waals surface area (Å²) in [7, 11) is 0. The Morgan fingerprint density at radius 3 is 2.97 bits per heavy atom. The summed E-state index contributed by atoms with van der Waals surface area (Å²) in [5.41, 5.74) is 4.07. The molecule has 2 aliphatic rings. The van der Waals surface area contributed by atoms with E-state index in [1.807, 2.05) is 30.3 Å². The van der Waals surface area contributed by atoms with Crippen LogP contribution in [0.15, 0.2) is 53.4 Å². The number of aromatic nitrogens is 1. The van der Waals surface area contributed by atoms with Crippen molar-refractivity contribution in [2.45, 2.75) is 51.4 Å². The molecule has 5 rings (SSSR count). The Hall–Kier alpha value is -2.87. The van der Waals surface area contributed by atoms with Crippen LogP contribution in [-0.4, -0.2) is 46.6 Å². The molecule has 0 saturated heterocycles. The summed E-state index contributed by atoms with van der Waals surface area (Å²) >= 11 is 6.63. The highest BCUT2D eigenvalue weighted by atomic mass is 35.5. The highest BCUT2D eigenvalue weighted by Gasteiger charge is 2.23. The zero-order chi connectivity index (χ0) is 24.9. The SMILES string of the molecule is O=C(NC[C@H](O)CN1CCc2c(ccc(OCc3cnco3)c2Cl)C1)c1cccc(CC2CCC2)c1. The van der Waals surface area contributed by atoms with E-state index in [9.17, 15) is 9.90 Å². The number of carbonyl (C=O) groups excluding carboxylic acids is 1. The van der Waals surface area contributed by atoms with Gasteiger partial charge in [0.2, 0.25) is 0 Å². The van der Waals surface area contributed by atoms with Gasteiger partial charge in [-0.15, -0.1) is 0 Å². The van der Waals surface area contributed by atoms with Crippen molar-refractivity contribution >= 4 is 17.5 Å². The third-order valence-corrected chi connectivity index (χ3v) is 7.55. The van der Waals surface area contributed by atoms with Gasteiger partial charge in [-0.2, -0.15) is 0 Å². The van der Waals surface area contributed by atoms with Crippen LogP contribution < -0.4 is 10.1 Å². The van der Waals surface area contributed by atoms with Gasteiger partial charge in [0, 0.05) is 31.7 Å². The average Bonchev–Trinajstić information content (AvgIpc) is 3.38. The first kappa shape index (κ1) is 24.8. The van der Waals surface area contributed by atoms with Gasteiger partial charge in [-0.25, -0.2) is 4.98 Å². The number of ether oxygens (including phenoxy) is 1. The van der Waals surface area contributed by atoms with Crippen molar-refractivity contribution in [2.75, 3.05) is 19.6 Å². The van der Waals surface area contributed by atoms with Crippen LogP contribution in [0.1, 0.15) is 52.1 Å². The third kappa shape index (κ3) is 6.09. The molecule has 1 atom stereocenters. The quantitative estimate of drug-likeness (QED) is 0.421. The van der Waals surface area contributed by atoms with Crippen molar-refractivity contribution < 1.29 is 19.1 Å². The van der Waals surface area contributed by atoms with E-state index in [2.05, 4.69) is 21.3 Å². The number of nitrogens with zero attached hydrogens (tertiary/aromatic N) is 2. The standard InChI is InChI=1S/C28H32ClN3O4/c29-27-25-9-10-32(15-22(25)7-8-26(27)35-17-24-14-30-18-36-24)16-23(33)13-31-28(34)21-6-2-5-20(12-21)11-19-3-1-4-19/h2,5-8,12,14,18-19,23,33H,1,3-4,9-11,13,15-17H2,(H,31,34)/t23-/m0/s1. The Kier molecular flexibility index (Phi) is 7.90. The number of oxazole rings is 1. The van der Waals surface area contributed by atoms with Gasteiger partial charge in [-0.3, -0.25) is 9.69 Å². The minimum absolute atomic E-state index is 0.141. The van der Waals surface area contributed by atoms with Crippen LogP contribution in [0.5, 0.6) is 5.75 Å². The molecule has 36 heavy (non-hydrogen) atoms. The van der Waals surface area contributed by atoms with Crippen LogP contribution in [0.3, 0.4) is 0 Å². The minimum Gasteiger partial charge on any atom is -0.484 e. The number of aliphatic hydroxyl groups is 1. The highest BCUT2D eigenvalue weighted by Crippen LogP contribution is 2.34. The predicted octanol–water partition coefficient (Wildman–Crippen LogP) is 4.40. The summed E-state index contributed by atoms with van der Waals surface area (Å²) in [5, 5.41) is 14.1. The van der Waals surface area contributed by atoms with Gasteiger partial charge in [0.15, 0.2) is 12.2 Å². The molecule has 0 unspecified atom stereocenters. The number of fused-ring (bicyclic) bond motifs is 1. The molecule has 1 saturated carbocycles. The second-order valence-electron chi connectivity index (χ2n) is 9.82. The zero-order valence-corrected chi connectivity index (χ0v) is 21.0.